The molecule has 0 saturated carbocycles. The van der Waals surface area contributed by atoms with Crippen molar-refractivity contribution in [3.05, 3.63) is 76.7 Å². The van der Waals surface area contributed by atoms with E-state index in [2.05, 4.69) is 42.6 Å². The average Bonchev–Trinajstić information content (AvgIpc) is 2.99. The van der Waals surface area contributed by atoms with Gasteiger partial charge in [-0.05, 0) is 17.5 Å². The number of nitriles is 1. The standard InChI is InChI=1S/C21H20N2S/c1-2-9-19-20(23-15-16-10-5-3-6-11-16)18(14-22)21(24-19)17-12-7-4-8-13-17/h3-8,10-13,23H,2,9,15H2,1H3. The fraction of sp³-hybridized carbons (Fsp3) is 0.190. The number of nitrogens with one attached hydrogen (secondary N) is 1. The summed E-state index contributed by atoms with van der Waals surface area (Å²) in [5, 5.41) is 13.3. The van der Waals surface area contributed by atoms with Gasteiger partial charge in [0.15, 0.2) is 0 Å². The highest BCUT2D eigenvalue weighted by Crippen LogP contribution is 2.40. The molecular formula is C21H20N2S. The fourth-order valence-electron chi connectivity index (χ4n) is 2.75. The van der Waals surface area contributed by atoms with Crippen LogP contribution in [0.2, 0.25) is 0 Å². The van der Waals surface area contributed by atoms with Crippen molar-refractivity contribution in [2.24, 2.45) is 0 Å². The Bertz CT molecular complexity index is 830. The molecule has 2 nitrogen and oxygen atoms in total. The van der Waals surface area contributed by atoms with Crippen LogP contribution in [0.25, 0.3) is 10.4 Å². The third-order valence-electron chi connectivity index (χ3n) is 3.92. The van der Waals surface area contributed by atoms with Crippen LogP contribution >= 0.6 is 11.3 Å². The molecule has 0 fully saturated rings. The van der Waals surface area contributed by atoms with Crippen molar-refractivity contribution in [2.45, 2.75) is 26.3 Å². The molecule has 0 saturated heterocycles. The molecule has 120 valence electrons. The van der Waals surface area contributed by atoms with Crippen molar-refractivity contribution in [1.29, 1.82) is 5.26 Å². The van der Waals surface area contributed by atoms with E-state index in [1.54, 1.807) is 11.3 Å². The van der Waals surface area contributed by atoms with Crippen LogP contribution in [-0.2, 0) is 13.0 Å². The second-order valence-corrected chi connectivity index (χ2v) is 6.78. The van der Waals surface area contributed by atoms with Gasteiger partial charge in [0, 0.05) is 11.4 Å². The minimum Gasteiger partial charge on any atom is -0.379 e. The topological polar surface area (TPSA) is 35.8 Å². The van der Waals surface area contributed by atoms with Crippen LogP contribution in [0, 0.1) is 11.3 Å². The number of thiophene rings is 1. The van der Waals surface area contributed by atoms with Gasteiger partial charge < -0.3 is 5.32 Å². The Morgan fingerprint density at radius 3 is 2.29 bits per heavy atom. The highest BCUT2D eigenvalue weighted by atomic mass is 32.1. The SMILES string of the molecule is CCCc1sc(-c2ccccc2)c(C#N)c1NCc1ccccc1. The Kier molecular flexibility index (Phi) is 5.30. The zero-order valence-electron chi connectivity index (χ0n) is 13.8. The maximum Gasteiger partial charge on any atom is 0.103 e. The monoisotopic (exact) mass is 332 g/mol. The van der Waals surface area contributed by atoms with Gasteiger partial charge in [-0.3, -0.25) is 0 Å². The maximum atomic E-state index is 9.76. The van der Waals surface area contributed by atoms with Crippen LogP contribution < -0.4 is 5.32 Å². The van der Waals surface area contributed by atoms with Crippen molar-refractivity contribution in [1.82, 2.24) is 0 Å². The Hall–Kier alpha value is -2.57. The molecule has 24 heavy (non-hydrogen) atoms. The van der Waals surface area contributed by atoms with Gasteiger partial charge in [-0.1, -0.05) is 74.0 Å². The minimum absolute atomic E-state index is 0.733. The lowest BCUT2D eigenvalue weighted by atomic mass is 10.1. The van der Waals surface area contributed by atoms with E-state index in [4.69, 9.17) is 0 Å². The van der Waals surface area contributed by atoms with Crippen LogP contribution in [0.1, 0.15) is 29.3 Å². The highest BCUT2D eigenvalue weighted by Gasteiger charge is 2.18. The Labute approximate surface area is 147 Å². The van der Waals surface area contributed by atoms with Crippen molar-refractivity contribution in [2.75, 3.05) is 5.32 Å². The molecule has 1 N–H and O–H groups in total. The van der Waals surface area contributed by atoms with Gasteiger partial charge in [0.25, 0.3) is 0 Å². The first kappa shape index (κ1) is 16.3. The first-order valence-electron chi connectivity index (χ1n) is 8.22. The van der Waals surface area contributed by atoms with E-state index < -0.39 is 0 Å². The molecule has 0 bridgehead atoms. The lowest BCUT2D eigenvalue weighted by Crippen LogP contribution is -2.02. The molecule has 3 aromatic rings. The first-order valence-corrected chi connectivity index (χ1v) is 9.04. The number of nitrogens with zero attached hydrogens (tertiary/aromatic N) is 1. The summed E-state index contributed by atoms with van der Waals surface area (Å²) in [6, 6.07) is 22.9. The normalized spacial score (nSPS) is 10.3. The molecule has 0 aliphatic rings. The Balaban J connectivity index is 1.97. The van der Waals surface area contributed by atoms with E-state index >= 15 is 0 Å². The Morgan fingerprint density at radius 2 is 1.67 bits per heavy atom. The number of hydrogen-bond donors (Lipinski definition) is 1. The molecule has 0 amide bonds. The molecule has 0 radical (unpaired) electrons. The number of aryl methyl sites for hydroxylation is 1. The fourth-order valence-corrected chi connectivity index (χ4v) is 4.09. The molecule has 3 rings (SSSR count). The van der Waals surface area contributed by atoms with E-state index in [0.29, 0.717) is 0 Å². The molecule has 1 heterocycles. The van der Waals surface area contributed by atoms with Gasteiger partial charge in [0.1, 0.15) is 6.07 Å². The summed E-state index contributed by atoms with van der Waals surface area (Å²) in [6.45, 7) is 2.91. The summed E-state index contributed by atoms with van der Waals surface area (Å²) >= 11 is 1.74. The summed E-state index contributed by atoms with van der Waals surface area (Å²) < 4.78 is 0. The number of hydrogen-bond acceptors (Lipinski definition) is 3. The van der Waals surface area contributed by atoms with Crippen molar-refractivity contribution >= 4 is 17.0 Å². The van der Waals surface area contributed by atoms with Gasteiger partial charge in [0.2, 0.25) is 0 Å². The highest BCUT2D eigenvalue weighted by molar-refractivity contribution is 7.16. The van der Waals surface area contributed by atoms with Crippen LogP contribution in [0.15, 0.2) is 60.7 Å². The molecule has 0 spiro atoms. The number of anilines is 1. The molecule has 0 unspecified atom stereocenters. The number of benzene rings is 2. The molecule has 0 aliphatic heterocycles. The second-order valence-electron chi connectivity index (χ2n) is 5.67. The van der Waals surface area contributed by atoms with Gasteiger partial charge in [0.05, 0.1) is 16.1 Å². The van der Waals surface area contributed by atoms with Crippen LogP contribution in [-0.4, -0.2) is 0 Å². The van der Waals surface area contributed by atoms with E-state index in [0.717, 1.165) is 41.1 Å². The van der Waals surface area contributed by atoms with E-state index in [1.165, 1.54) is 10.4 Å². The summed E-state index contributed by atoms with van der Waals surface area (Å²) in [4.78, 5) is 2.33. The zero-order valence-corrected chi connectivity index (χ0v) is 14.6. The lowest BCUT2D eigenvalue weighted by Gasteiger charge is -2.08. The Morgan fingerprint density at radius 1 is 1.00 bits per heavy atom. The van der Waals surface area contributed by atoms with E-state index in [9.17, 15) is 5.26 Å². The molecule has 0 atom stereocenters. The predicted molar refractivity (Wildman–Crippen MR) is 102 cm³/mol. The van der Waals surface area contributed by atoms with Gasteiger partial charge in [-0.25, -0.2) is 0 Å². The first-order chi connectivity index (χ1) is 11.8. The molecule has 1 aromatic heterocycles. The zero-order chi connectivity index (χ0) is 16.8. The predicted octanol–water partition coefficient (Wildman–Crippen LogP) is 5.85. The molecule has 3 heteroatoms. The van der Waals surface area contributed by atoms with E-state index in [1.807, 2.05) is 36.4 Å². The lowest BCUT2D eigenvalue weighted by molar-refractivity contribution is 0.937. The van der Waals surface area contributed by atoms with Crippen molar-refractivity contribution in [3.63, 3.8) is 0 Å². The minimum atomic E-state index is 0.733. The van der Waals surface area contributed by atoms with E-state index in [-0.39, 0.29) is 0 Å². The van der Waals surface area contributed by atoms with Crippen molar-refractivity contribution < 1.29 is 0 Å². The molecule has 2 aromatic carbocycles. The van der Waals surface area contributed by atoms with Crippen LogP contribution in [0.4, 0.5) is 5.69 Å². The van der Waals surface area contributed by atoms with Crippen LogP contribution in [0.5, 0.6) is 0 Å². The summed E-state index contributed by atoms with van der Waals surface area (Å²) in [7, 11) is 0. The van der Waals surface area contributed by atoms with Crippen LogP contribution in [0.3, 0.4) is 0 Å². The third-order valence-corrected chi connectivity index (χ3v) is 5.22. The summed E-state index contributed by atoms with van der Waals surface area (Å²) in [5.41, 5.74) is 4.11. The molecular weight excluding hydrogens is 312 g/mol. The van der Waals surface area contributed by atoms with Crippen molar-refractivity contribution in [3.8, 4) is 16.5 Å². The summed E-state index contributed by atoms with van der Waals surface area (Å²) in [6.07, 6.45) is 2.06. The summed E-state index contributed by atoms with van der Waals surface area (Å²) in [5.74, 6) is 0. The third kappa shape index (κ3) is 3.50. The largest absolute Gasteiger partial charge is 0.379 e. The molecule has 0 aliphatic carbocycles. The van der Waals surface area contributed by atoms with Gasteiger partial charge in [-0.15, -0.1) is 11.3 Å². The maximum absolute atomic E-state index is 9.76. The average molecular weight is 332 g/mol. The smallest absolute Gasteiger partial charge is 0.103 e. The second kappa shape index (κ2) is 7.81. The van der Waals surface area contributed by atoms with Gasteiger partial charge >= 0.3 is 0 Å². The quantitative estimate of drug-likeness (QED) is 0.614. The van der Waals surface area contributed by atoms with Gasteiger partial charge in [-0.2, -0.15) is 5.26 Å². The number of rotatable bonds is 6.